The molecule has 26 heavy (non-hydrogen) atoms. The highest BCUT2D eigenvalue weighted by Crippen LogP contribution is 2.22. The highest BCUT2D eigenvalue weighted by Gasteiger charge is 2.28. The number of hydrogen-bond acceptors (Lipinski definition) is 5. The lowest BCUT2D eigenvalue weighted by Gasteiger charge is -2.27. The van der Waals surface area contributed by atoms with Crippen LogP contribution in [-0.4, -0.2) is 50.3 Å². The van der Waals surface area contributed by atoms with E-state index in [1.807, 2.05) is 29.2 Å². The van der Waals surface area contributed by atoms with E-state index >= 15 is 0 Å². The first-order valence-corrected chi connectivity index (χ1v) is 8.73. The third-order valence-corrected chi connectivity index (χ3v) is 4.89. The molecule has 0 fully saturated rings. The number of pyridine rings is 1. The maximum absolute atomic E-state index is 13.3. The van der Waals surface area contributed by atoms with Gasteiger partial charge >= 0.3 is 0 Å². The van der Waals surface area contributed by atoms with Gasteiger partial charge in [-0.05, 0) is 19.1 Å². The van der Waals surface area contributed by atoms with Crippen LogP contribution in [0.2, 0.25) is 0 Å². The number of nitrogens with zero attached hydrogens (tertiary/aromatic N) is 5. The Hall–Kier alpha value is -2.80. The van der Waals surface area contributed by atoms with E-state index in [9.17, 15) is 4.79 Å². The van der Waals surface area contributed by atoms with Crippen LogP contribution in [0, 0.1) is 0 Å². The summed E-state index contributed by atoms with van der Waals surface area (Å²) in [5.74, 6) is 1.74. The summed E-state index contributed by atoms with van der Waals surface area (Å²) in [6, 6.07) is 9.58. The zero-order chi connectivity index (χ0) is 18.1. The third-order valence-electron chi connectivity index (χ3n) is 4.89. The molecule has 1 amide bonds. The van der Waals surface area contributed by atoms with Crippen molar-refractivity contribution >= 4 is 16.8 Å². The molecule has 1 aliphatic heterocycles. The Kier molecular flexibility index (Phi) is 4.38. The van der Waals surface area contributed by atoms with Crippen LogP contribution in [0.5, 0.6) is 0 Å². The van der Waals surface area contributed by atoms with Crippen molar-refractivity contribution in [2.24, 2.45) is 0 Å². The van der Waals surface area contributed by atoms with E-state index in [0.717, 1.165) is 22.6 Å². The predicted octanol–water partition coefficient (Wildman–Crippen LogP) is 2.06. The SMILES string of the molecule is COCc1nnc2n1CCN(C(=O)c1ccnc3ccccc13)[C@H](C)C2. The lowest BCUT2D eigenvalue weighted by molar-refractivity contribution is 0.0697. The molecule has 7 nitrogen and oxygen atoms in total. The topological polar surface area (TPSA) is 73.1 Å². The van der Waals surface area contributed by atoms with Crippen LogP contribution in [0.1, 0.15) is 28.9 Å². The number of hydrogen-bond donors (Lipinski definition) is 0. The van der Waals surface area contributed by atoms with Gasteiger partial charge in [0.1, 0.15) is 12.4 Å². The van der Waals surface area contributed by atoms with Gasteiger partial charge in [0.05, 0.1) is 11.1 Å². The van der Waals surface area contributed by atoms with E-state index in [-0.39, 0.29) is 11.9 Å². The summed E-state index contributed by atoms with van der Waals surface area (Å²) in [6.45, 7) is 3.75. The molecule has 0 bridgehead atoms. The van der Waals surface area contributed by atoms with Crippen molar-refractivity contribution in [2.75, 3.05) is 13.7 Å². The number of carbonyl (C=O) groups excluding carboxylic acids is 1. The van der Waals surface area contributed by atoms with Gasteiger partial charge in [0, 0.05) is 44.2 Å². The Morgan fingerprint density at radius 3 is 2.92 bits per heavy atom. The second kappa shape index (κ2) is 6.84. The third kappa shape index (κ3) is 2.84. The number of aromatic nitrogens is 4. The summed E-state index contributed by atoms with van der Waals surface area (Å²) >= 11 is 0. The van der Waals surface area contributed by atoms with Gasteiger partial charge in [-0.3, -0.25) is 9.78 Å². The van der Waals surface area contributed by atoms with E-state index in [0.29, 0.717) is 31.7 Å². The molecule has 7 heteroatoms. The summed E-state index contributed by atoms with van der Waals surface area (Å²) in [5.41, 5.74) is 1.53. The van der Waals surface area contributed by atoms with Gasteiger partial charge in [-0.1, -0.05) is 18.2 Å². The second-order valence-corrected chi connectivity index (χ2v) is 6.54. The predicted molar refractivity (Wildman–Crippen MR) is 96.7 cm³/mol. The number of carbonyl (C=O) groups is 1. The first-order valence-electron chi connectivity index (χ1n) is 8.73. The van der Waals surface area contributed by atoms with Gasteiger partial charge in [0.15, 0.2) is 5.82 Å². The fourth-order valence-corrected chi connectivity index (χ4v) is 3.56. The van der Waals surface area contributed by atoms with Crippen LogP contribution in [0.25, 0.3) is 10.9 Å². The molecule has 1 atom stereocenters. The number of benzene rings is 1. The molecular weight excluding hydrogens is 330 g/mol. The van der Waals surface area contributed by atoms with Gasteiger partial charge in [-0.25, -0.2) is 0 Å². The summed E-state index contributed by atoms with van der Waals surface area (Å²) in [5, 5.41) is 9.38. The maximum atomic E-state index is 13.3. The van der Waals surface area contributed by atoms with E-state index in [2.05, 4.69) is 26.7 Å². The van der Waals surface area contributed by atoms with Crippen LogP contribution in [0.4, 0.5) is 0 Å². The number of rotatable bonds is 3. The Balaban J connectivity index is 1.65. The van der Waals surface area contributed by atoms with Crippen LogP contribution < -0.4 is 0 Å². The number of amides is 1. The van der Waals surface area contributed by atoms with Crippen LogP contribution in [0.3, 0.4) is 0 Å². The average Bonchev–Trinajstić information content (AvgIpc) is 2.94. The van der Waals surface area contributed by atoms with Crippen LogP contribution >= 0.6 is 0 Å². The van der Waals surface area contributed by atoms with Crippen molar-refractivity contribution < 1.29 is 9.53 Å². The average molecular weight is 351 g/mol. The monoisotopic (exact) mass is 351 g/mol. The second-order valence-electron chi connectivity index (χ2n) is 6.54. The molecule has 1 aromatic carbocycles. The molecule has 2 aromatic heterocycles. The standard InChI is InChI=1S/C19H21N5O2/c1-13-11-17-21-22-18(12-26-2)24(17)10-9-23(13)19(25)15-7-8-20-16-6-4-3-5-14(15)16/h3-8,13H,9-12H2,1-2H3/t13-/m1/s1. The number of para-hydroxylation sites is 1. The Morgan fingerprint density at radius 1 is 1.23 bits per heavy atom. The van der Waals surface area contributed by atoms with E-state index < -0.39 is 0 Å². The Bertz CT molecular complexity index is 947. The highest BCUT2D eigenvalue weighted by molar-refractivity contribution is 6.06. The van der Waals surface area contributed by atoms with Crippen molar-refractivity contribution in [1.29, 1.82) is 0 Å². The van der Waals surface area contributed by atoms with Crippen molar-refractivity contribution in [3.05, 3.63) is 53.7 Å². The minimum Gasteiger partial charge on any atom is -0.377 e. The zero-order valence-electron chi connectivity index (χ0n) is 14.9. The fraction of sp³-hybridized carbons (Fsp3) is 0.368. The first kappa shape index (κ1) is 16.7. The molecule has 1 aliphatic rings. The molecule has 4 rings (SSSR count). The molecule has 3 aromatic rings. The lowest BCUT2D eigenvalue weighted by atomic mass is 10.1. The normalized spacial score (nSPS) is 17.2. The largest absolute Gasteiger partial charge is 0.377 e. The van der Waals surface area contributed by atoms with E-state index in [1.54, 1.807) is 19.4 Å². The minimum absolute atomic E-state index is 0.0307. The number of fused-ring (bicyclic) bond motifs is 2. The molecule has 0 N–H and O–H groups in total. The van der Waals surface area contributed by atoms with Gasteiger partial charge < -0.3 is 14.2 Å². The summed E-state index contributed by atoms with van der Waals surface area (Å²) in [7, 11) is 1.64. The lowest BCUT2D eigenvalue weighted by Crippen LogP contribution is -2.40. The molecule has 0 saturated heterocycles. The zero-order valence-corrected chi connectivity index (χ0v) is 14.9. The number of ether oxygens (including phenoxy) is 1. The molecule has 134 valence electrons. The Labute approximate surface area is 151 Å². The summed E-state index contributed by atoms with van der Waals surface area (Å²) in [4.78, 5) is 19.6. The molecule has 0 saturated carbocycles. The van der Waals surface area contributed by atoms with Crippen LogP contribution in [0.15, 0.2) is 36.5 Å². The van der Waals surface area contributed by atoms with Crippen LogP contribution in [-0.2, 0) is 24.3 Å². The molecule has 0 spiro atoms. The molecule has 0 radical (unpaired) electrons. The van der Waals surface area contributed by atoms with E-state index in [1.165, 1.54) is 0 Å². The van der Waals surface area contributed by atoms with Crippen molar-refractivity contribution in [1.82, 2.24) is 24.6 Å². The molecular formula is C19H21N5O2. The summed E-state index contributed by atoms with van der Waals surface area (Å²) < 4.78 is 7.27. The summed E-state index contributed by atoms with van der Waals surface area (Å²) in [6.07, 6.45) is 2.37. The first-order chi connectivity index (χ1) is 12.7. The van der Waals surface area contributed by atoms with Gasteiger partial charge in [-0.15, -0.1) is 10.2 Å². The van der Waals surface area contributed by atoms with Crippen molar-refractivity contribution in [3.8, 4) is 0 Å². The van der Waals surface area contributed by atoms with Crippen molar-refractivity contribution in [2.45, 2.75) is 32.5 Å². The quantitative estimate of drug-likeness (QED) is 0.722. The van der Waals surface area contributed by atoms with Gasteiger partial charge in [0.25, 0.3) is 5.91 Å². The maximum Gasteiger partial charge on any atom is 0.254 e. The molecule has 0 unspecified atom stereocenters. The number of methoxy groups -OCH3 is 1. The highest BCUT2D eigenvalue weighted by atomic mass is 16.5. The van der Waals surface area contributed by atoms with E-state index in [4.69, 9.17) is 4.74 Å². The molecule has 0 aliphatic carbocycles. The minimum atomic E-state index is 0.0307. The van der Waals surface area contributed by atoms with Crippen molar-refractivity contribution in [3.63, 3.8) is 0 Å². The van der Waals surface area contributed by atoms with Gasteiger partial charge in [-0.2, -0.15) is 0 Å². The molecule has 3 heterocycles. The van der Waals surface area contributed by atoms with Gasteiger partial charge in [0.2, 0.25) is 0 Å². The Morgan fingerprint density at radius 2 is 2.08 bits per heavy atom. The smallest absolute Gasteiger partial charge is 0.254 e. The fourth-order valence-electron chi connectivity index (χ4n) is 3.56.